The number of thioether (sulfide) groups is 1. The molecule has 0 bridgehead atoms. The summed E-state index contributed by atoms with van der Waals surface area (Å²) in [6, 6.07) is 13.6. The first-order chi connectivity index (χ1) is 18.0. The molecule has 0 saturated heterocycles. The average Bonchev–Trinajstić information content (AvgIpc) is 2.87. The summed E-state index contributed by atoms with van der Waals surface area (Å²) in [7, 11) is 0. The van der Waals surface area contributed by atoms with Gasteiger partial charge in [0.2, 0.25) is 11.8 Å². The zero-order valence-corrected chi connectivity index (χ0v) is 24.0. The van der Waals surface area contributed by atoms with Crippen molar-refractivity contribution < 1.29 is 24.2 Å². The number of phenols is 1. The third-order valence-electron chi connectivity index (χ3n) is 5.94. The van der Waals surface area contributed by atoms with E-state index in [9.17, 15) is 19.5 Å². The van der Waals surface area contributed by atoms with Crippen LogP contribution in [0.5, 0.6) is 5.75 Å². The molecule has 2 aromatic rings. The van der Waals surface area contributed by atoms with Crippen LogP contribution in [0.15, 0.2) is 54.6 Å². The number of alkyl carbamates (subject to hydrolysis) is 1. The third-order valence-corrected chi connectivity index (χ3v) is 6.59. The van der Waals surface area contributed by atoms with Crippen LogP contribution in [-0.4, -0.2) is 57.6 Å². The maximum Gasteiger partial charge on any atom is 0.408 e. The van der Waals surface area contributed by atoms with Gasteiger partial charge >= 0.3 is 6.09 Å². The molecule has 8 nitrogen and oxygen atoms in total. The van der Waals surface area contributed by atoms with Gasteiger partial charge in [0.1, 0.15) is 23.4 Å². The zero-order chi connectivity index (χ0) is 28.3. The average molecular weight is 544 g/mol. The number of ether oxygens (including phenoxy) is 1. The largest absolute Gasteiger partial charge is 0.508 e. The van der Waals surface area contributed by atoms with Crippen molar-refractivity contribution in [3.05, 3.63) is 65.7 Å². The highest BCUT2D eigenvalue weighted by atomic mass is 32.2. The number of hydrogen-bond donors (Lipinski definition) is 3. The summed E-state index contributed by atoms with van der Waals surface area (Å²) in [5.41, 5.74) is 0.668. The molecule has 0 fully saturated rings. The van der Waals surface area contributed by atoms with Gasteiger partial charge in [0.25, 0.3) is 0 Å². The first kappa shape index (κ1) is 31.0. The lowest BCUT2D eigenvalue weighted by Gasteiger charge is -2.38. The minimum atomic E-state index is -1.02. The molecule has 3 N–H and O–H groups in total. The number of carbonyl (C=O) groups excluding carboxylic acids is 3. The van der Waals surface area contributed by atoms with E-state index in [2.05, 4.69) is 10.6 Å². The van der Waals surface area contributed by atoms with E-state index >= 15 is 0 Å². The Morgan fingerprint density at radius 3 is 2.34 bits per heavy atom. The SMILES string of the molecule is CCC(C)N(C(=O)C(CCSC)NC(=O)OC(C)(C)C)C(C(=O)NCc1ccccc1)c1cccc(O)c1. The van der Waals surface area contributed by atoms with Gasteiger partial charge in [-0.3, -0.25) is 9.59 Å². The second-order valence-electron chi connectivity index (χ2n) is 10.2. The first-order valence-electron chi connectivity index (χ1n) is 12.9. The maximum absolute atomic E-state index is 14.1. The van der Waals surface area contributed by atoms with Crippen molar-refractivity contribution >= 4 is 29.7 Å². The highest BCUT2D eigenvalue weighted by Crippen LogP contribution is 2.29. The second kappa shape index (κ2) is 14.7. The molecule has 0 aliphatic heterocycles. The number of benzene rings is 2. The molecule has 208 valence electrons. The lowest BCUT2D eigenvalue weighted by molar-refractivity contribution is -0.145. The van der Waals surface area contributed by atoms with Gasteiger partial charge < -0.3 is 25.4 Å². The number of nitrogens with one attached hydrogen (secondary N) is 2. The Morgan fingerprint density at radius 2 is 1.76 bits per heavy atom. The summed E-state index contributed by atoms with van der Waals surface area (Å²) in [5, 5.41) is 15.9. The van der Waals surface area contributed by atoms with Gasteiger partial charge in [-0.05, 0) is 75.8 Å². The third kappa shape index (κ3) is 9.59. The number of rotatable bonds is 12. The molecule has 0 heterocycles. The summed E-state index contributed by atoms with van der Waals surface area (Å²) in [5.74, 6) is -0.153. The number of carbonyl (C=O) groups is 3. The molecule has 0 saturated carbocycles. The minimum Gasteiger partial charge on any atom is -0.508 e. The van der Waals surface area contributed by atoms with Crippen LogP contribution < -0.4 is 10.6 Å². The van der Waals surface area contributed by atoms with Gasteiger partial charge in [-0.15, -0.1) is 0 Å². The number of aromatic hydroxyl groups is 1. The Kier molecular flexibility index (Phi) is 12.0. The molecule has 0 radical (unpaired) electrons. The fourth-order valence-corrected chi connectivity index (χ4v) is 4.40. The number of nitrogens with zero attached hydrogens (tertiary/aromatic N) is 1. The highest BCUT2D eigenvalue weighted by Gasteiger charge is 2.38. The quantitative estimate of drug-likeness (QED) is 0.347. The lowest BCUT2D eigenvalue weighted by Crippen LogP contribution is -2.55. The minimum absolute atomic E-state index is 0.00859. The van der Waals surface area contributed by atoms with Crippen LogP contribution >= 0.6 is 11.8 Å². The summed E-state index contributed by atoms with van der Waals surface area (Å²) in [4.78, 5) is 42.0. The maximum atomic E-state index is 14.1. The van der Waals surface area contributed by atoms with E-state index in [1.165, 1.54) is 17.0 Å². The van der Waals surface area contributed by atoms with Crippen molar-refractivity contribution in [1.82, 2.24) is 15.5 Å². The smallest absolute Gasteiger partial charge is 0.408 e. The number of hydrogen-bond acceptors (Lipinski definition) is 6. The van der Waals surface area contributed by atoms with Crippen LogP contribution in [0.1, 0.15) is 64.6 Å². The zero-order valence-electron chi connectivity index (χ0n) is 23.2. The molecule has 0 aromatic heterocycles. The van der Waals surface area contributed by atoms with Crippen molar-refractivity contribution in [2.24, 2.45) is 0 Å². The number of amides is 3. The van der Waals surface area contributed by atoms with Crippen molar-refractivity contribution in [3.8, 4) is 5.75 Å². The fraction of sp³-hybridized carbons (Fsp3) is 0.483. The molecule has 3 atom stereocenters. The molecule has 0 aliphatic carbocycles. The van der Waals surface area contributed by atoms with Crippen molar-refractivity contribution in [3.63, 3.8) is 0 Å². The van der Waals surface area contributed by atoms with Gasteiger partial charge in [-0.1, -0.05) is 49.4 Å². The summed E-state index contributed by atoms with van der Waals surface area (Å²) in [6.07, 6.45) is 2.18. The molecule has 0 aliphatic rings. The molecular formula is C29H41N3O5S. The normalized spacial score (nSPS) is 13.6. The molecule has 0 spiro atoms. The van der Waals surface area contributed by atoms with E-state index in [0.717, 1.165) is 5.56 Å². The topological polar surface area (TPSA) is 108 Å². The van der Waals surface area contributed by atoms with E-state index in [4.69, 9.17) is 4.74 Å². The Bertz CT molecular complexity index is 1060. The molecule has 3 amide bonds. The van der Waals surface area contributed by atoms with E-state index < -0.39 is 23.8 Å². The molecule has 9 heteroatoms. The van der Waals surface area contributed by atoms with E-state index in [1.807, 2.05) is 50.4 Å². The van der Waals surface area contributed by atoms with E-state index in [1.54, 1.807) is 44.7 Å². The molecule has 38 heavy (non-hydrogen) atoms. The van der Waals surface area contributed by atoms with Crippen molar-refractivity contribution in [1.29, 1.82) is 0 Å². The fourth-order valence-electron chi connectivity index (χ4n) is 3.93. The van der Waals surface area contributed by atoms with Gasteiger partial charge in [-0.2, -0.15) is 11.8 Å². The predicted octanol–water partition coefficient (Wildman–Crippen LogP) is 5.02. The Hall–Kier alpha value is -3.20. The van der Waals surface area contributed by atoms with Crippen LogP contribution in [0.4, 0.5) is 4.79 Å². The van der Waals surface area contributed by atoms with E-state index in [-0.39, 0.29) is 30.2 Å². The van der Waals surface area contributed by atoms with Gasteiger partial charge in [0.05, 0.1) is 0 Å². The predicted molar refractivity (Wildman–Crippen MR) is 152 cm³/mol. The van der Waals surface area contributed by atoms with Crippen molar-refractivity contribution in [2.75, 3.05) is 12.0 Å². The second-order valence-corrected chi connectivity index (χ2v) is 11.2. The standard InChI is InChI=1S/C29H41N3O5S/c1-7-20(2)32(27(35)24(16-17-38-6)31-28(36)37-29(3,4)5)25(22-14-11-15-23(33)18-22)26(34)30-19-21-12-9-8-10-13-21/h8-15,18,20,24-25,33H,7,16-17,19H2,1-6H3,(H,30,34)(H,31,36). The Balaban J connectivity index is 2.47. The Morgan fingerprint density at radius 1 is 1.08 bits per heavy atom. The van der Waals surface area contributed by atoms with Crippen LogP contribution in [0.3, 0.4) is 0 Å². The van der Waals surface area contributed by atoms with Crippen LogP contribution in [0.25, 0.3) is 0 Å². The van der Waals surface area contributed by atoms with Gasteiger partial charge in [0.15, 0.2) is 0 Å². The molecule has 3 unspecified atom stereocenters. The highest BCUT2D eigenvalue weighted by molar-refractivity contribution is 7.98. The van der Waals surface area contributed by atoms with Crippen LogP contribution in [-0.2, 0) is 20.9 Å². The van der Waals surface area contributed by atoms with E-state index in [0.29, 0.717) is 24.2 Å². The molecule has 2 aromatic carbocycles. The Labute approximate surface area is 230 Å². The van der Waals surface area contributed by atoms with Crippen LogP contribution in [0.2, 0.25) is 0 Å². The summed E-state index contributed by atoms with van der Waals surface area (Å²) >= 11 is 1.56. The van der Waals surface area contributed by atoms with Crippen molar-refractivity contribution in [2.45, 2.75) is 77.7 Å². The molecular weight excluding hydrogens is 502 g/mol. The van der Waals surface area contributed by atoms with Gasteiger partial charge in [-0.25, -0.2) is 4.79 Å². The first-order valence-corrected chi connectivity index (χ1v) is 14.3. The monoisotopic (exact) mass is 543 g/mol. The summed E-state index contributed by atoms with van der Waals surface area (Å²) in [6.45, 7) is 9.36. The number of phenolic OH excluding ortho intramolecular Hbond substituents is 1. The summed E-state index contributed by atoms with van der Waals surface area (Å²) < 4.78 is 5.42. The van der Waals surface area contributed by atoms with Gasteiger partial charge in [0, 0.05) is 12.6 Å². The molecule has 2 rings (SSSR count). The lowest BCUT2D eigenvalue weighted by atomic mass is 9.99. The van der Waals surface area contributed by atoms with Crippen LogP contribution in [0, 0.1) is 0 Å².